The molecule has 1 amide bonds. The van der Waals surface area contributed by atoms with Gasteiger partial charge in [0.05, 0.1) is 18.8 Å². The van der Waals surface area contributed by atoms with Crippen molar-refractivity contribution in [1.29, 1.82) is 0 Å². The number of nitrogens with zero attached hydrogens (tertiary/aromatic N) is 1. The molecule has 2 aromatic carbocycles. The van der Waals surface area contributed by atoms with Gasteiger partial charge in [0.15, 0.2) is 0 Å². The second-order valence-corrected chi connectivity index (χ2v) is 9.68. The largest absolute Gasteiger partial charge is 0.489 e. The third-order valence-electron chi connectivity index (χ3n) is 7.14. The van der Waals surface area contributed by atoms with E-state index in [1.807, 2.05) is 35.2 Å². The van der Waals surface area contributed by atoms with Gasteiger partial charge in [0.25, 0.3) is 0 Å². The molecule has 174 valence electrons. The van der Waals surface area contributed by atoms with Crippen molar-refractivity contribution in [2.24, 2.45) is 5.92 Å². The Hall–Kier alpha value is -2.34. The second-order valence-electron chi connectivity index (χ2n) is 9.27. The van der Waals surface area contributed by atoms with Gasteiger partial charge in [0, 0.05) is 43.2 Å². The lowest BCUT2D eigenvalue weighted by molar-refractivity contribution is -0.151. The van der Waals surface area contributed by atoms with Crippen molar-refractivity contribution in [3.63, 3.8) is 0 Å². The molecule has 1 saturated carbocycles. The fourth-order valence-corrected chi connectivity index (χ4v) is 5.39. The maximum Gasteiger partial charge on any atom is 0.231 e. The molecule has 2 aliphatic heterocycles. The van der Waals surface area contributed by atoms with Crippen LogP contribution in [0.1, 0.15) is 41.5 Å². The Bertz CT molecular complexity index is 1050. The van der Waals surface area contributed by atoms with Crippen LogP contribution < -0.4 is 5.32 Å². The van der Waals surface area contributed by atoms with Gasteiger partial charge in [-0.1, -0.05) is 48.0 Å². The molecule has 5 rings (SSSR count). The van der Waals surface area contributed by atoms with E-state index in [9.17, 15) is 4.79 Å². The van der Waals surface area contributed by atoms with Crippen LogP contribution in [0.3, 0.4) is 0 Å². The van der Waals surface area contributed by atoms with Gasteiger partial charge in [0.1, 0.15) is 5.60 Å². The molecular formula is C27H31ClN2O3. The third-order valence-corrected chi connectivity index (χ3v) is 7.51. The number of ether oxygens (including phenoxy) is 2. The van der Waals surface area contributed by atoms with Gasteiger partial charge in [-0.3, -0.25) is 4.79 Å². The average Bonchev–Trinajstić information content (AvgIpc) is 3.68. The van der Waals surface area contributed by atoms with Crippen LogP contribution in [-0.2, 0) is 32.8 Å². The zero-order valence-corrected chi connectivity index (χ0v) is 19.8. The van der Waals surface area contributed by atoms with Crippen LogP contribution in [0.4, 0.5) is 0 Å². The van der Waals surface area contributed by atoms with Gasteiger partial charge < -0.3 is 19.7 Å². The molecule has 1 aliphatic carbocycles. The highest BCUT2D eigenvalue weighted by molar-refractivity contribution is 6.31. The van der Waals surface area contributed by atoms with E-state index in [2.05, 4.69) is 23.5 Å². The molecule has 1 saturated heterocycles. The Morgan fingerprint density at radius 2 is 2.12 bits per heavy atom. The van der Waals surface area contributed by atoms with Crippen LogP contribution in [0.2, 0.25) is 5.02 Å². The molecule has 2 heterocycles. The summed E-state index contributed by atoms with van der Waals surface area (Å²) in [5.74, 6) is -0.151. The Morgan fingerprint density at radius 1 is 1.27 bits per heavy atom. The van der Waals surface area contributed by atoms with Gasteiger partial charge in [-0.2, -0.15) is 0 Å². The first-order valence-electron chi connectivity index (χ1n) is 11.8. The van der Waals surface area contributed by atoms with E-state index in [-0.39, 0.29) is 17.9 Å². The highest BCUT2D eigenvalue weighted by Gasteiger charge is 2.52. The lowest BCUT2D eigenvalue weighted by Crippen LogP contribution is -2.56. The molecule has 0 unspecified atom stereocenters. The molecule has 2 atom stereocenters. The first kappa shape index (κ1) is 22.5. The minimum atomic E-state index is -0.634. The monoisotopic (exact) mass is 466 g/mol. The van der Waals surface area contributed by atoms with Crippen molar-refractivity contribution in [3.05, 3.63) is 76.0 Å². The molecule has 0 aromatic heterocycles. The summed E-state index contributed by atoms with van der Waals surface area (Å²) < 4.78 is 11.6. The van der Waals surface area contributed by atoms with E-state index < -0.39 is 5.60 Å². The van der Waals surface area contributed by atoms with Crippen molar-refractivity contribution in [2.45, 2.75) is 43.9 Å². The molecule has 2 aromatic rings. The summed E-state index contributed by atoms with van der Waals surface area (Å²) in [5, 5.41) is 4.15. The predicted molar refractivity (Wildman–Crippen MR) is 130 cm³/mol. The minimum Gasteiger partial charge on any atom is -0.489 e. The number of piperidine rings is 1. The number of carbonyl (C=O) groups is 1. The first-order chi connectivity index (χ1) is 16.1. The second kappa shape index (κ2) is 9.49. The SMILES string of the molecule is COCCc1ccc(Cl)c(CN(C(=O)[C@H]2CNCC[C@@]23OC=Cc2ccccc23)C2CC2)c1. The van der Waals surface area contributed by atoms with Crippen LogP contribution in [0, 0.1) is 5.92 Å². The number of benzene rings is 2. The van der Waals surface area contributed by atoms with E-state index in [4.69, 9.17) is 21.1 Å². The number of amides is 1. The summed E-state index contributed by atoms with van der Waals surface area (Å²) in [5.41, 5.74) is 3.78. The Labute approximate surface area is 200 Å². The number of methoxy groups -OCH3 is 1. The van der Waals surface area contributed by atoms with Crippen LogP contribution >= 0.6 is 11.6 Å². The van der Waals surface area contributed by atoms with Crippen molar-refractivity contribution in [1.82, 2.24) is 10.2 Å². The lowest BCUT2D eigenvalue weighted by Gasteiger charge is -2.46. The highest BCUT2D eigenvalue weighted by Crippen LogP contribution is 2.45. The number of fused-ring (bicyclic) bond motifs is 2. The molecule has 5 nitrogen and oxygen atoms in total. The fraction of sp³-hybridized carbons (Fsp3) is 0.444. The smallest absolute Gasteiger partial charge is 0.231 e. The van der Waals surface area contributed by atoms with Crippen LogP contribution in [0.15, 0.2) is 48.7 Å². The Morgan fingerprint density at radius 3 is 2.94 bits per heavy atom. The predicted octanol–water partition coefficient (Wildman–Crippen LogP) is 4.53. The van der Waals surface area contributed by atoms with Crippen LogP contribution in [0.5, 0.6) is 0 Å². The number of hydrogen-bond acceptors (Lipinski definition) is 4. The van der Waals surface area contributed by atoms with E-state index in [1.165, 1.54) is 5.56 Å². The van der Waals surface area contributed by atoms with E-state index in [0.29, 0.717) is 24.7 Å². The summed E-state index contributed by atoms with van der Waals surface area (Å²) in [6.07, 6.45) is 7.43. The van der Waals surface area contributed by atoms with E-state index in [0.717, 1.165) is 48.9 Å². The number of hydrogen-bond donors (Lipinski definition) is 1. The van der Waals surface area contributed by atoms with Crippen molar-refractivity contribution in [3.8, 4) is 0 Å². The zero-order chi connectivity index (χ0) is 22.8. The standard InChI is InChI=1S/C27H31ClN2O3/c1-32-14-10-19-6-9-25(28)21(16-19)18-30(22-7-8-22)26(31)24-17-29-13-12-27(24)23-5-3-2-4-20(23)11-15-33-27/h2-6,9,11,15-16,22,24,29H,7-8,10,12-14,17-18H2,1H3/t24-,27+/m1/s1. The van der Waals surface area contributed by atoms with Gasteiger partial charge in [0.2, 0.25) is 5.91 Å². The Balaban J connectivity index is 1.45. The topological polar surface area (TPSA) is 50.8 Å². The van der Waals surface area contributed by atoms with Crippen LogP contribution in [-0.4, -0.2) is 43.7 Å². The lowest BCUT2D eigenvalue weighted by atomic mass is 9.73. The maximum absolute atomic E-state index is 14.2. The van der Waals surface area contributed by atoms with E-state index in [1.54, 1.807) is 13.4 Å². The first-order valence-corrected chi connectivity index (χ1v) is 12.2. The zero-order valence-electron chi connectivity index (χ0n) is 19.1. The third kappa shape index (κ3) is 4.42. The summed E-state index contributed by atoms with van der Waals surface area (Å²) in [6, 6.07) is 14.6. The molecule has 0 radical (unpaired) electrons. The maximum atomic E-state index is 14.2. The average molecular weight is 467 g/mol. The fourth-order valence-electron chi connectivity index (χ4n) is 5.21. The Kier molecular flexibility index (Phi) is 6.46. The molecule has 3 aliphatic rings. The molecule has 33 heavy (non-hydrogen) atoms. The number of rotatable bonds is 7. The van der Waals surface area contributed by atoms with Crippen molar-refractivity contribution >= 4 is 23.6 Å². The molecule has 6 heteroatoms. The highest BCUT2D eigenvalue weighted by atomic mass is 35.5. The number of halogens is 1. The van der Waals surface area contributed by atoms with Crippen LogP contribution in [0.25, 0.3) is 6.08 Å². The summed E-state index contributed by atoms with van der Waals surface area (Å²) in [7, 11) is 1.71. The van der Waals surface area contributed by atoms with Gasteiger partial charge in [-0.15, -0.1) is 0 Å². The molecule has 0 bridgehead atoms. The normalized spacial score (nSPS) is 23.8. The van der Waals surface area contributed by atoms with Gasteiger partial charge in [-0.05, 0) is 54.6 Å². The molecule has 1 spiro atoms. The molecule has 1 N–H and O–H groups in total. The van der Waals surface area contributed by atoms with Crippen molar-refractivity contribution < 1.29 is 14.3 Å². The quantitative estimate of drug-likeness (QED) is 0.651. The summed E-state index contributed by atoms with van der Waals surface area (Å²) in [4.78, 5) is 16.2. The van der Waals surface area contributed by atoms with E-state index >= 15 is 0 Å². The summed E-state index contributed by atoms with van der Waals surface area (Å²) in [6.45, 7) is 2.61. The minimum absolute atomic E-state index is 0.146. The van der Waals surface area contributed by atoms with Crippen molar-refractivity contribution in [2.75, 3.05) is 26.8 Å². The van der Waals surface area contributed by atoms with Gasteiger partial charge in [-0.25, -0.2) is 0 Å². The number of nitrogens with one attached hydrogen (secondary N) is 1. The summed E-state index contributed by atoms with van der Waals surface area (Å²) >= 11 is 6.58. The molecule has 2 fully saturated rings. The molecular weight excluding hydrogens is 436 g/mol. The number of carbonyl (C=O) groups excluding carboxylic acids is 1. The van der Waals surface area contributed by atoms with Gasteiger partial charge >= 0.3 is 0 Å².